The molecule has 0 spiro atoms. The highest BCUT2D eigenvalue weighted by Gasteiger charge is 2.13. The van der Waals surface area contributed by atoms with Crippen LogP contribution in [0, 0.1) is 0 Å². The Morgan fingerprint density at radius 2 is 2.50 bits per heavy atom. The summed E-state index contributed by atoms with van der Waals surface area (Å²) in [5.41, 5.74) is 0. The number of nitrogens with zero attached hydrogens (tertiary/aromatic N) is 2. The van der Waals surface area contributed by atoms with E-state index in [0.717, 1.165) is 18.4 Å². The molecule has 2 aromatic heterocycles. The molecule has 4 heteroatoms. The van der Waals surface area contributed by atoms with Crippen LogP contribution in [0.1, 0.15) is 25.7 Å². The second-order valence-electron chi connectivity index (χ2n) is 4.86. The van der Waals surface area contributed by atoms with Gasteiger partial charge in [0.1, 0.15) is 5.82 Å². The molecule has 1 aliphatic heterocycles. The van der Waals surface area contributed by atoms with Gasteiger partial charge in [-0.3, -0.25) is 0 Å². The van der Waals surface area contributed by atoms with Gasteiger partial charge in [-0.1, -0.05) is 6.07 Å². The molecule has 18 heavy (non-hydrogen) atoms. The monoisotopic (exact) mass is 261 g/mol. The molecule has 0 bridgehead atoms. The number of imidazole rings is 1. The lowest BCUT2D eigenvalue weighted by Gasteiger charge is -2.11. The number of aromatic nitrogens is 2. The van der Waals surface area contributed by atoms with Crippen molar-refractivity contribution in [3.05, 3.63) is 29.9 Å². The van der Waals surface area contributed by atoms with Crippen molar-refractivity contribution in [2.24, 2.45) is 0 Å². The highest BCUT2D eigenvalue weighted by molar-refractivity contribution is 7.13. The zero-order valence-corrected chi connectivity index (χ0v) is 11.3. The van der Waals surface area contributed by atoms with Crippen LogP contribution >= 0.6 is 11.3 Å². The second kappa shape index (κ2) is 5.67. The molecule has 0 amide bonds. The van der Waals surface area contributed by atoms with Crippen molar-refractivity contribution in [3.8, 4) is 10.7 Å². The van der Waals surface area contributed by atoms with Gasteiger partial charge in [-0.25, -0.2) is 4.98 Å². The molecule has 1 N–H and O–H groups in total. The Morgan fingerprint density at radius 3 is 3.28 bits per heavy atom. The van der Waals surface area contributed by atoms with E-state index in [1.54, 1.807) is 11.3 Å². The maximum Gasteiger partial charge on any atom is 0.149 e. The first-order valence-electron chi connectivity index (χ1n) is 6.72. The van der Waals surface area contributed by atoms with E-state index in [1.807, 2.05) is 6.20 Å². The van der Waals surface area contributed by atoms with Crippen LogP contribution in [-0.2, 0) is 6.54 Å². The van der Waals surface area contributed by atoms with Crippen molar-refractivity contribution in [2.45, 2.75) is 38.3 Å². The Labute approximate surface area is 112 Å². The number of hydrogen-bond acceptors (Lipinski definition) is 3. The second-order valence-corrected chi connectivity index (χ2v) is 5.80. The minimum Gasteiger partial charge on any atom is -0.330 e. The van der Waals surface area contributed by atoms with Gasteiger partial charge in [0, 0.05) is 25.0 Å². The van der Waals surface area contributed by atoms with E-state index in [1.165, 1.54) is 37.1 Å². The number of rotatable bonds is 5. The fourth-order valence-electron chi connectivity index (χ4n) is 2.63. The lowest BCUT2D eigenvalue weighted by Crippen LogP contribution is -2.21. The van der Waals surface area contributed by atoms with E-state index in [9.17, 15) is 0 Å². The molecule has 0 aliphatic carbocycles. The third-order valence-corrected chi connectivity index (χ3v) is 4.44. The summed E-state index contributed by atoms with van der Waals surface area (Å²) < 4.78 is 2.28. The largest absolute Gasteiger partial charge is 0.330 e. The van der Waals surface area contributed by atoms with Crippen LogP contribution in [-0.4, -0.2) is 22.1 Å². The molecule has 3 heterocycles. The van der Waals surface area contributed by atoms with E-state index in [-0.39, 0.29) is 0 Å². The Balaban J connectivity index is 1.58. The summed E-state index contributed by atoms with van der Waals surface area (Å²) in [6, 6.07) is 4.97. The molecule has 3 rings (SSSR count). The van der Waals surface area contributed by atoms with Crippen molar-refractivity contribution < 1.29 is 0 Å². The standard InChI is InChI=1S/C14H19N3S/c1-4-12(15-7-1)5-2-9-17-10-8-16-14(17)13-6-3-11-18-13/h3,6,8,10-12,15H,1-2,4-5,7,9H2. The molecule has 1 unspecified atom stereocenters. The third-order valence-electron chi connectivity index (χ3n) is 3.57. The summed E-state index contributed by atoms with van der Waals surface area (Å²) in [6.45, 7) is 2.28. The molecule has 1 fully saturated rings. The summed E-state index contributed by atoms with van der Waals surface area (Å²) in [6.07, 6.45) is 9.20. The number of aryl methyl sites for hydroxylation is 1. The first kappa shape index (κ1) is 11.9. The van der Waals surface area contributed by atoms with Crippen LogP contribution < -0.4 is 5.32 Å². The first-order chi connectivity index (χ1) is 8.93. The smallest absolute Gasteiger partial charge is 0.149 e. The maximum absolute atomic E-state index is 4.47. The zero-order chi connectivity index (χ0) is 12.2. The minimum absolute atomic E-state index is 0.749. The quantitative estimate of drug-likeness (QED) is 0.896. The molecule has 96 valence electrons. The summed E-state index contributed by atoms with van der Waals surface area (Å²) in [5, 5.41) is 5.66. The fraction of sp³-hybridized carbons (Fsp3) is 0.500. The SMILES string of the molecule is c1csc(-c2nccn2CCCC2CCCN2)c1. The average Bonchev–Trinajstić information content (AvgIpc) is 3.12. The highest BCUT2D eigenvalue weighted by atomic mass is 32.1. The van der Waals surface area contributed by atoms with Gasteiger partial charge in [-0.05, 0) is 43.7 Å². The molecular formula is C14H19N3S. The van der Waals surface area contributed by atoms with Gasteiger partial charge in [-0.15, -0.1) is 11.3 Å². The van der Waals surface area contributed by atoms with Crippen LogP contribution in [0.2, 0.25) is 0 Å². The molecule has 3 nitrogen and oxygen atoms in total. The van der Waals surface area contributed by atoms with Crippen molar-refractivity contribution in [3.63, 3.8) is 0 Å². The van der Waals surface area contributed by atoms with Gasteiger partial charge in [0.05, 0.1) is 4.88 Å². The van der Waals surface area contributed by atoms with Crippen LogP contribution in [0.25, 0.3) is 10.7 Å². The molecular weight excluding hydrogens is 242 g/mol. The molecule has 1 atom stereocenters. The van der Waals surface area contributed by atoms with E-state index in [0.29, 0.717) is 0 Å². The Kier molecular flexibility index (Phi) is 3.76. The van der Waals surface area contributed by atoms with Gasteiger partial charge in [0.25, 0.3) is 0 Å². The minimum atomic E-state index is 0.749. The number of thiophene rings is 1. The Bertz CT molecular complexity index is 469. The maximum atomic E-state index is 4.47. The van der Waals surface area contributed by atoms with Gasteiger partial charge in [-0.2, -0.15) is 0 Å². The number of nitrogens with one attached hydrogen (secondary N) is 1. The third kappa shape index (κ3) is 2.65. The summed E-state index contributed by atoms with van der Waals surface area (Å²) in [7, 11) is 0. The van der Waals surface area contributed by atoms with E-state index >= 15 is 0 Å². The predicted molar refractivity (Wildman–Crippen MR) is 75.8 cm³/mol. The van der Waals surface area contributed by atoms with Crippen molar-refractivity contribution in [1.29, 1.82) is 0 Å². The van der Waals surface area contributed by atoms with Crippen molar-refractivity contribution in [2.75, 3.05) is 6.54 Å². The summed E-state index contributed by atoms with van der Waals surface area (Å²) in [4.78, 5) is 5.73. The van der Waals surface area contributed by atoms with E-state index in [4.69, 9.17) is 0 Å². The van der Waals surface area contributed by atoms with Crippen LogP contribution in [0.5, 0.6) is 0 Å². The predicted octanol–water partition coefficient (Wildman–Crippen LogP) is 3.14. The molecule has 1 saturated heterocycles. The van der Waals surface area contributed by atoms with Gasteiger partial charge in [0.2, 0.25) is 0 Å². The first-order valence-corrected chi connectivity index (χ1v) is 7.60. The van der Waals surface area contributed by atoms with Crippen LogP contribution in [0.3, 0.4) is 0 Å². The van der Waals surface area contributed by atoms with Crippen LogP contribution in [0.15, 0.2) is 29.9 Å². The normalized spacial score (nSPS) is 19.4. The summed E-state index contributed by atoms with van der Waals surface area (Å²) in [5.74, 6) is 1.12. The van der Waals surface area contributed by atoms with Gasteiger partial charge >= 0.3 is 0 Å². The number of hydrogen-bond donors (Lipinski definition) is 1. The Hall–Kier alpha value is -1.13. The summed E-state index contributed by atoms with van der Waals surface area (Å²) >= 11 is 1.76. The topological polar surface area (TPSA) is 29.9 Å². The van der Waals surface area contributed by atoms with Crippen molar-refractivity contribution in [1.82, 2.24) is 14.9 Å². The van der Waals surface area contributed by atoms with E-state index in [2.05, 4.69) is 38.6 Å². The van der Waals surface area contributed by atoms with E-state index < -0.39 is 0 Å². The molecule has 1 aliphatic rings. The van der Waals surface area contributed by atoms with Gasteiger partial charge in [0.15, 0.2) is 0 Å². The molecule has 0 radical (unpaired) electrons. The van der Waals surface area contributed by atoms with Gasteiger partial charge < -0.3 is 9.88 Å². The Morgan fingerprint density at radius 1 is 1.50 bits per heavy atom. The molecule has 2 aromatic rings. The molecule has 0 saturated carbocycles. The lowest BCUT2D eigenvalue weighted by atomic mass is 10.1. The molecule has 0 aromatic carbocycles. The van der Waals surface area contributed by atoms with Crippen LogP contribution in [0.4, 0.5) is 0 Å². The van der Waals surface area contributed by atoms with Crippen molar-refractivity contribution >= 4 is 11.3 Å². The fourth-order valence-corrected chi connectivity index (χ4v) is 3.37. The average molecular weight is 261 g/mol. The zero-order valence-electron chi connectivity index (χ0n) is 10.5. The lowest BCUT2D eigenvalue weighted by molar-refractivity contribution is 0.504. The highest BCUT2D eigenvalue weighted by Crippen LogP contribution is 2.23.